The Balaban J connectivity index is 0. The molecule has 0 aromatic carbocycles. The van der Waals surface area contributed by atoms with Gasteiger partial charge in [0.2, 0.25) is 0 Å². The largest absolute Gasteiger partial charge is 0.120 e. The van der Waals surface area contributed by atoms with E-state index in [4.69, 9.17) is 6.42 Å². The zero-order chi connectivity index (χ0) is 8.36. The third kappa shape index (κ3) is 13.2. The van der Waals surface area contributed by atoms with Crippen LogP contribution in [0.3, 0.4) is 0 Å². The van der Waals surface area contributed by atoms with E-state index in [2.05, 4.69) is 12.8 Å². The number of hydrogen-bond acceptors (Lipinski definition) is 0. The molecule has 1 radical (unpaired) electrons. The van der Waals surface area contributed by atoms with E-state index in [0.29, 0.717) is 0 Å². The molecule has 0 aliphatic rings. The van der Waals surface area contributed by atoms with Gasteiger partial charge in [-0.2, -0.15) is 0 Å². The van der Waals surface area contributed by atoms with Gasteiger partial charge < -0.3 is 0 Å². The molecule has 12 heavy (non-hydrogen) atoms. The first-order chi connectivity index (χ1) is 5.41. The van der Waals surface area contributed by atoms with Gasteiger partial charge in [-0.3, -0.25) is 0 Å². The average molecular weight is 175 g/mol. The molecule has 0 nitrogen and oxygen atoms in total. The molecule has 0 unspecified atom stereocenters. The summed E-state index contributed by atoms with van der Waals surface area (Å²) < 4.78 is 0. The zero-order valence-electron chi connectivity index (χ0n) is 8.73. The van der Waals surface area contributed by atoms with Crippen LogP contribution < -0.4 is 0 Å². The summed E-state index contributed by atoms with van der Waals surface area (Å²) in [5.41, 5.74) is 0. The van der Waals surface area contributed by atoms with Gasteiger partial charge in [-0.25, -0.2) is 0 Å². The van der Waals surface area contributed by atoms with Crippen LogP contribution in [0.2, 0.25) is 0 Å². The Bertz CT molecular complexity index is 102. The second-order valence-corrected chi connectivity index (χ2v) is 3.08. The third-order valence-electron chi connectivity index (χ3n) is 1.92. The van der Waals surface area contributed by atoms with Crippen molar-refractivity contribution in [3.63, 3.8) is 0 Å². The monoisotopic (exact) mass is 175 g/mol. The predicted octanol–water partition coefficient (Wildman–Crippen LogP) is 3.38. The predicted molar refractivity (Wildman–Crippen MR) is 57.2 cm³/mol. The Labute approximate surface area is 99.8 Å². The molecule has 0 heterocycles. The van der Waals surface area contributed by atoms with Gasteiger partial charge >= 0.3 is 0 Å². The molecule has 1 heteroatoms. The summed E-state index contributed by atoms with van der Waals surface area (Å²) in [6.07, 6.45) is 15.6. The maximum Gasteiger partial charge on any atom is 0.00860 e. The van der Waals surface area contributed by atoms with Crippen LogP contribution in [0.4, 0.5) is 0 Å². The van der Waals surface area contributed by atoms with Crippen LogP contribution in [0, 0.1) is 12.3 Å². The topological polar surface area (TPSA) is 0 Å². The molecule has 0 aliphatic carbocycles. The van der Waals surface area contributed by atoms with E-state index in [1.54, 1.807) is 0 Å². The molecule has 0 aromatic rings. The molecule has 65 valence electrons. The van der Waals surface area contributed by atoms with Gasteiger partial charge in [0, 0.05) is 36.0 Å². The molecular weight excluding hydrogens is 155 g/mol. The molecule has 0 saturated carbocycles. The Morgan fingerprint density at radius 3 is 1.92 bits per heavy atom. The number of hydrogen-bond donors (Lipinski definition) is 0. The average Bonchev–Trinajstić information content (AvgIpc) is 2.03. The summed E-state index contributed by atoms with van der Waals surface area (Å²) in [6, 6.07) is 0. The molecular formula is C11H20Na. The Morgan fingerprint density at radius 1 is 0.917 bits per heavy atom. The second-order valence-electron chi connectivity index (χ2n) is 3.08. The number of terminal acetylenes is 1. The normalized spacial score (nSPS) is 8.67. The quantitative estimate of drug-likeness (QED) is 0.316. The molecule has 0 atom stereocenters. The smallest absolute Gasteiger partial charge is 0.00860 e. The first kappa shape index (κ1) is 15.1. The molecule has 0 saturated heterocycles. The molecule has 0 bridgehead atoms. The third-order valence-corrected chi connectivity index (χ3v) is 1.92. The molecule has 0 N–H and O–H groups in total. The van der Waals surface area contributed by atoms with Crippen LogP contribution in [0.5, 0.6) is 0 Å². The fourth-order valence-corrected chi connectivity index (χ4v) is 1.18. The van der Waals surface area contributed by atoms with Gasteiger partial charge in [0.1, 0.15) is 0 Å². The molecule has 0 aliphatic heterocycles. The van der Waals surface area contributed by atoms with Crippen LogP contribution >= 0.6 is 0 Å². The first-order valence-electron chi connectivity index (χ1n) is 4.85. The summed E-state index contributed by atoms with van der Waals surface area (Å²) in [4.78, 5) is 0. The van der Waals surface area contributed by atoms with E-state index >= 15 is 0 Å². The number of unbranched alkanes of at least 4 members (excludes halogenated alkanes) is 7. The van der Waals surface area contributed by atoms with Crippen molar-refractivity contribution in [3.05, 3.63) is 0 Å². The van der Waals surface area contributed by atoms with Crippen molar-refractivity contribution in [1.82, 2.24) is 0 Å². The van der Waals surface area contributed by atoms with Gasteiger partial charge in [0.05, 0.1) is 0 Å². The van der Waals surface area contributed by atoms with Crippen LogP contribution in [0.1, 0.15) is 58.3 Å². The van der Waals surface area contributed by atoms with Gasteiger partial charge in [-0.05, 0) is 6.42 Å². The van der Waals surface area contributed by atoms with E-state index in [-0.39, 0.29) is 29.6 Å². The SMILES string of the molecule is C#CCCCCCCCCC.[Na]. The van der Waals surface area contributed by atoms with Gasteiger partial charge in [0.15, 0.2) is 0 Å². The first-order valence-corrected chi connectivity index (χ1v) is 4.85. The van der Waals surface area contributed by atoms with E-state index in [1.807, 2.05) is 0 Å². The molecule has 0 fully saturated rings. The number of rotatable bonds is 7. The summed E-state index contributed by atoms with van der Waals surface area (Å²) in [5, 5.41) is 0. The van der Waals surface area contributed by atoms with Gasteiger partial charge in [0.25, 0.3) is 0 Å². The fraction of sp³-hybridized carbons (Fsp3) is 0.818. The Hall–Kier alpha value is 0.560. The van der Waals surface area contributed by atoms with E-state index in [1.165, 1.54) is 44.9 Å². The van der Waals surface area contributed by atoms with Crippen LogP contribution in [-0.2, 0) is 0 Å². The molecule has 0 spiro atoms. The van der Waals surface area contributed by atoms with Crippen molar-refractivity contribution in [2.75, 3.05) is 0 Å². The van der Waals surface area contributed by atoms with E-state index in [0.717, 1.165) is 6.42 Å². The minimum atomic E-state index is 0. The Kier molecular flexibility index (Phi) is 17.7. The van der Waals surface area contributed by atoms with Crippen molar-refractivity contribution in [2.45, 2.75) is 58.3 Å². The summed E-state index contributed by atoms with van der Waals surface area (Å²) >= 11 is 0. The van der Waals surface area contributed by atoms with E-state index in [9.17, 15) is 0 Å². The van der Waals surface area contributed by atoms with E-state index < -0.39 is 0 Å². The molecule has 0 amide bonds. The standard InChI is InChI=1S/C11H20.Na/c1-3-5-7-9-11-10-8-6-4-2;/h1H,4-11H2,2H3;. The summed E-state index contributed by atoms with van der Waals surface area (Å²) in [6.45, 7) is 2.25. The van der Waals surface area contributed by atoms with Crippen molar-refractivity contribution in [1.29, 1.82) is 0 Å². The summed E-state index contributed by atoms with van der Waals surface area (Å²) in [7, 11) is 0. The maximum atomic E-state index is 5.14. The second kappa shape index (κ2) is 14.1. The van der Waals surface area contributed by atoms with Crippen molar-refractivity contribution >= 4 is 29.6 Å². The van der Waals surface area contributed by atoms with Crippen molar-refractivity contribution in [3.8, 4) is 12.3 Å². The van der Waals surface area contributed by atoms with Crippen molar-refractivity contribution < 1.29 is 0 Å². The minimum Gasteiger partial charge on any atom is -0.120 e. The van der Waals surface area contributed by atoms with Crippen LogP contribution in [0.15, 0.2) is 0 Å². The zero-order valence-corrected chi connectivity index (χ0v) is 10.7. The maximum absolute atomic E-state index is 5.14. The fourth-order valence-electron chi connectivity index (χ4n) is 1.18. The minimum absolute atomic E-state index is 0. The van der Waals surface area contributed by atoms with Crippen LogP contribution in [-0.4, -0.2) is 29.6 Å². The van der Waals surface area contributed by atoms with Crippen LogP contribution in [0.25, 0.3) is 0 Å². The molecule has 0 rings (SSSR count). The Morgan fingerprint density at radius 2 is 1.42 bits per heavy atom. The van der Waals surface area contributed by atoms with Gasteiger partial charge in [-0.1, -0.05) is 45.4 Å². The molecule has 0 aromatic heterocycles. The van der Waals surface area contributed by atoms with Gasteiger partial charge in [-0.15, -0.1) is 12.3 Å². The van der Waals surface area contributed by atoms with Crippen molar-refractivity contribution in [2.24, 2.45) is 0 Å². The summed E-state index contributed by atoms with van der Waals surface area (Å²) in [5.74, 6) is 2.67.